The van der Waals surface area contributed by atoms with E-state index in [-0.39, 0.29) is 5.78 Å². The Morgan fingerprint density at radius 1 is 0.889 bits per heavy atom. The molecule has 138 valence electrons. The average molecular weight is 382 g/mol. The first-order valence-corrected chi connectivity index (χ1v) is 8.95. The number of rotatable bonds is 7. The van der Waals surface area contributed by atoms with Gasteiger partial charge in [-0.15, -0.1) is 4.33 Å². The summed E-state index contributed by atoms with van der Waals surface area (Å²) in [6.45, 7) is 3.91. The second kappa shape index (κ2) is 8.83. The number of carbonyl (C=O) groups is 1. The van der Waals surface area contributed by atoms with Crippen LogP contribution >= 0.6 is 12.0 Å². The minimum atomic E-state index is -0.00442. The largest absolute Gasteiger partial charge is 0.457 e. The zero-order valence-corrected chi connectivity index (χ0v) is 15.7. The first-order chi connectivity index (χ1) is 13.1. The van der Waals surface area contributed by atoms with Crippen molar-refractivity contribution in [3.05, 3.63) is 89.0 Å². The maximum atomic E-state index is 12.7. The molecule has 1 N–H and O–H groups in total. The van der Waals surface area contributed by atoms with Crippen molar-refractivity contribution in [1.82, 2.24) is 0 Å². The van der Waals surface area contributed by atoms with E-state index in [0.717, 1.165) is 28.1 Å². The Kier molecular flexibility index (Phi) is 6.26. The second-order valence-corrected chi connectivity index (χ2v) is 6.75. The molecule has 0 aliphatic heterocycles. The van der Waals surface area contributed by atoms with E-state index in [2.05, 4.69) is 9.37 Å². The normalized spacial score (nSPS) is 10.6. The zero-order chi connectivity index (χ0) is 19.2. The molecule has 0 bridgehead atoms. The van der Waals surface area contributed by atoms with E-state index in [1.54, 1.807) is 48.5 Å². The summed E-state index contributed by atoms with van der Waals surface area (Å²) in [7, 11) is 0. The number of hydrogen-bond acceptors (Lipinski definition) is 6. The topological polar surface area (TPSA) is 65.0 Å². The van der Waals surface area contributed by atoms with Crippen molar-refractivity contribution < 1.29 is 24.2 Å². The highest BCUT2D eigenvalue weighted by molar-refractivity contribution is 7.94. The molecule has 0 spiro atoms. The average Bonchev–Trinajstić information content (AvgIpc) is 2.69. The molecule has 0 heterocycles. The lowest BCUT2D eigenvalue weighted by Gasteiger charge is -2.09. The Morgan fingerprint density at radius 3 is 2.15 bits per heavy atom. The molecule has 0 aliphatic carbocycles. The fourth-order valence-corrected chi connectivity index (χ4v) is 2.92. The first-order valence-electron chi connectivity index (χ1n) is 8.21. The van der Waals surface area contributed by atoms with Crippen LogP contribution in [-0.2, 0) is 9.37 Å². The van der Waals surface area contributed by atoms with E-state index in [1.165, 1.54) is 0 Å². The van der Waals surface area contributed by atoms with Crippen molar-refractivity contribution in [2.24, 2.45) is 0 Å². The van der Waals surface area contributed by atoms with Crippen molar-refractivity contribution in [2.75, 3.05) is 0 Å². The van der Waals surface area contributed by atoms with E-state index < -0.39 is 0 Å². The monoisotopic (exact) mass is 382 g/mol. The second-order valence-electron chi connectivity index (χ2n) is 5.97. The Labute approximate surface area is 161 Å². The first kappa shape index (κ1) is 19.1. The summed E-state index contributed by atoms with van der Waals surface area (Å²) >= 11 is 0.875. The van der Waals surface area contributed by atoms with Crippen molar-refractivity contribution >= 4 is 17.8 Å². The van der Waals surface area contributed by atoms with Gasteiger partial charge in [-0.1, -0.05) is 22.7 Å². The van der Waals surface area contributed by atoms with Gasteiger partial charge in [0.2, 0.25) is 0 Å². The van der Waals surface area contributed by atoms with Gasteiger partial charge in [0, 0.05) is 16.0 Å². The fourth-order valence-electron chi connectivity index (χ4n) is 2.56. The van der Waals surface area contributed by atoms with E-state index in [0.29, 0.717) is 22.6 Å². The van der Waals surface area contributed by atoms with Crippen molar-refractivity contribution in [3.8, 4) is 11.5 Å². The van der Waals surface area contributed by atoms with Gasteiger partial charge in [-0.25, -0.2) is 5.26 Å². The maximum absolute atomic E-state index is 12.7. The minimum Gasteiger partial charge on any atom is -0.457 e. The molecular formula is C21H18O5S. The SMILES string of the molecule is Cc1ccc(C)c(C(=O)c2ccc(Oc3ccc(SOOO)cc3)cc2)c1. The third kappa shape index (κ3) is 4.96. The van der Waals surface area contributed by atoms with E-state index >= 15 is 0 Å². The van der Waals surface area contributed by atoms with Crippen LogP contribution < -0.4 is 4.74 Å². The highest BCUT2D eigenvalue weighted by Gasteiger charge is 2.12. The van der Waals surface area contributed by atoms with Crippen LogP contribution in [0.1, 0.15) is 27.0 Å². The van der Waals surface area contributed by atoms with Gasteiger partial charge < -0.3 is 4.74 Å². The van der Waals surface area contributed by atoms with E-state index in [1.807, 2.05) is 32.0 Å². The molecule has 0 saturated carbocycles. The predicted molar refractivity (Wildman–Crippen MR) is 103 cm³/mol. The molecule has 3 aromatic carbocycles. The third-order valence-corrected chi connectivity index (χ3v) is 4.57. The number of ketones is 1. The molecule has 6 heteroatoms. The predicted octanol–water partition coefficient (Wildman–Crippen LogP) is 5.76. The van der Waals surface area contributed by atoms with Gasteiger partial charge in [0.05, 0.1) is 12.0 Å². The van der Waals surface area contributed by atoms with Crippen LogP contribution in [0, 0.1) is 13.8 Å². The summed E-state index contributed by atoms with van der Waals surface area (Å²) < 4.78 is 10.1. The Hall–Kier alpha value is -2.64. The zero-order valence-electron chi connectivity index (χ0n) is 14.8. The van der Waals surface area contributed by atoms with Gasteiger partial charge in [0.15, 0.2) is 5.78 Å². The maximum Gasteiger partial charge on any atom is 0.193 e. The van der Waals surface area contributed by atoms with Crippen LogP contribution in [0.15, 0.2) is 71.6 Å². The number of benzene rings is 3. The van der Waals surface area contributed by atoms with Crippen molar-refractivity contribution in [3.63, 3.8) is 0 Å². The summed E-state index contributed by atoms with van der Waals surface area (Å²) in [5.74, 6) is 1.26. The lowest BCUT2D eigenvalue weighted by atomic mass is 9.97. The van der Waals surface area contributed by atoms with Crippen LogP contribution in [0.4, 0.5) is 0 Å². The van der Waals surface area contributed by atoms with Crippen LogP contribution in [-0.4, -0.2) is 11.0 Å². The van der Waals surface area contributed by atoms with E-state index in [9.17, 15) is 4.79 Å². The molecule has 0 saturated heterocycles. The lowest BCUT2D eigenvalue weighted by molar-refractivity contribution is -0.432. The number of aryl methyl sites for hydroxylation is 2. The van der Waals surface area contributed by atoms with Crippen LogP contribution in [0.2, 0.25) is 0 Å². The Balaban J connectivity index is 1.70. The summed E-state index contributed by atoms with van der Waals surface area (Å²) in [6, 6.07) is 20.0. The van der Waals surface area contributed by atoms with Crippen molar-refractivity contribution in [2.45, 2.75) is 18.7 Å². The van der Waals surface area contributed by atoms with Gasteiger partial charge in [-0.05, 0) is 74.0 Å². The molecular weight excluding hydrogens is 364 g/mol. The molecule has 0 amide bonds. The van der Waals surface area contributed by atoms with Crippen LogP contribution in [0.5, 0.6) is 11.5 Å². The number of carbonyl (C=O) groups excluding carboxylic acids is 1. The van der Waals surface area contributed by atoms with Crippen LogP contribution in [0.25, 0.3) is 0 Å². The molecule has 5 nitrogen and oxygen atoms in total. The van der Waals surface area contributed by atoms with Crippen LogP contribution in [0.3, 0.4) is 0 Å². The molecule has 27 heavy (non-hydrogen) atoms. The van der Waals surface area contributed by atoms with Gasteiger partial charge in [0.1, 0.15) is 11.5 Å². The molecule has 3 aromatic rings. The number of ether oxygens (including phenoxy) is 1. The summed E-state index contributed by atoms with van der Waals surface area (Å²) in [6.07, 6.45) is 0. The molecule has 0 radical (unpaired) electrons. The number of hydrogen-bond donors (Lipinski definition) is 1. The summed E-state index contributed by atoms with van der Waals surface area (Å²) in [5, 5.41) is 11.7. The van der Waals surface area contributed by atoms with Gasteiger partial charge in [-0.3, -0.25) is 4.79 Å². The quantitative estimate of drug-likeness (QED) is 0.243. The summed E-state index contributed by atoms with van der Waals surface area (Å²) in [5.41, 5.74) is 3.34. The molecule has 0 aliphatic rings. The molecule has 0 unspecified atom stereocenters. The third-order valence-electron chi connectivity index (χ3n) is 3.97. The van der Waals surface area contributed by atoms with Gasteiger partial charge >= 0.3 is 0 Å². The Bertz CT molecular complexity index is 920. The fraction of sp³-hybridized carbons (Fsp3) is 0.0952. The molecule has 0 fully saturated rings. The standard InChI is InChI=1S/C21H18O5S/c1-14-3-4-15(2)20(13-14)21(22)16-5-7-17(8-6-16)24-18-9-11-19(12-10-18)27-26-25-23/h3-13,23H,1-2H3. The highest BCUT2D eigenvalue weighted by atomic mass is 32.2. The smallest absolute Gasteiger partial charge is 0.193 e. The van der Waals surface area contributed by atoms with Gasteiger partial charge in [-0.2, -0.15) is 0 Å². The molecule has 0 atom stereocenters. The molecule has 3 rings (SSSR count). The summed E-state index contributed by atoms with van der Waals surface area (Å²) in [4.78, 5) is 13.5. The Morgan fingerprint density at radius 2 is 1.52 bits per heavy atom. The van der Waals surface area contributed by atoms with Crippen molar-refractivity contribution in [1.29, 1.82) is 0 Å². The highest BCUT2D eigenvalue weighted by Crippen LogP contribution is 2.26. The van der Waals surface area contributed by atoms with Gasteiger partial charge in [0.25, 0.3) is 0 Å². The lowest BCUT2D eigenvalue weighted by Crippen LogP contribution is -2.04. The minimum absolute atomic E-state index is 0.00442. The van der Waals surface area contributed by atoms with E-state index in [4.69, 9.17) is 9.99 Å². The molecule has 0 aromatic heterocycles.